The zero-order valence-corrected chi connectivity index (χ0v) is 14.2. The lowest BCUT2D eigenvalue weighted by Crippen LogP contribution is -2.13. The van der Waals surface area contributed by atoms with Crippen molar-refractivity contribution in [3.8, 4) is 0 Å². The summed E-state index contributed by atoms with van der Waals surface area (Å²) in [6.45, 7) is 1.82. The summed E-state index contributed by atoms with van der Waals surface area (Å²) in [4.78, 5) is 0.175. The lowest BCUT2D eigenvalue weighted by Gasteiger charge is -2.10. The predicted octanol–water partition coefficient (Wildman–Crippen LogP) is 4.87. The minimum absolute atomic E-state index is 0.175. The van der Waals surface area contributed by atoms with Crippen LogP contribution in [0.4, 0.5) is 5.69 Å². The Kier molecular flexibility index (Phi) is 4.64. The van der Waals surface area contributed by atoms with Crippen LogP contribution in [-0.4, -0.2) is 8.42 Å². The van der Waals surface area contributed by atoms with Gasteiger partial charge in [-0.15, -0.1) is 0 Å². The van der Waals surface area contributed by atoms with Gasteiger partial charge in [0.15, 0.2) is 0 Å². The molecule has 0 heterocycles. The second-order valence-electron chi connectivity index (χ2n) is 4.17. The van der Waals surface area contributed by atoms with Crippen molar-refractivity contribution < 1.29 is 8.42 Å². The molecule has 0 amide bonds. The summed E-state index contributed by atoms with van der Waals surface area (Å²) in [5.41, 5.74) is 1.15. The molecule has 0 bridgehead atoms. The van der Waals surface area contributed by atoms with E-state index in [0.29, 0.717) is 15.7 Å². The van der Waals surface area contributed by atoms with Crippen LogP contribution in [0.2, 0.25) is 10.0 Å². The van der Waals surface area contributed by atoms with Crippen molar-refractivity contribution in [2.75, 3.05) is 4.72 Å². The van der Waals surface area contributed by atoms with E-state index in [1.165, 1.54) is 24.3 Å². The van der Waals surface area contributed by atoms with Gasteiger partial charge >= 0.3 is 0 Å². The van der Waals surface area contributed by atoms with Gasteiger partial charge in [0.25, 0.3) is 10.0 Å². The van der Waals surface area contributed by atoms with Crippen LogP contribution in [0.25, 0.3) is 0 Å². The number of hydrogen-bond donors (Lipinski definition) is 1. The quantitative estimate of drug-likeness (QED) is 0.807. The van der Waals surface area contributed by atoms with E-state index in [1.54, 1.807) is 12.1 Å². The molecule has 1 N–H and O–H groups in total. The molecule has 2 aromatic carbocycles. The first kappa shape index (κ1) is 15.6. The maximum atomic E-state index is 12.3. The highest BCUT2D eigenvalue weighted by molar-refractivity contribution is 9.10. The number of rotatable bonds is 3. The van der Waals surface area contributed by atoms with Gasteiger partial charge in [0, 0.05) is 14.5 Å². The SMILES string of the molecule is Cc1cc(S(=O)(=O)Nc2cc(Cl)cc(Cl)c2)ccc1Br. The number of nitrogens with one attached hydrogen (secondary N) is 1. The number of anilines is 1. The van der Waals surface area contributed by atoms with E-state index < -0.39 is 10.0 Å². The molecule has 106 valence electrons. The summed E-state index contributed by atoms with van der Waals surface area (Å²) in [5, 5.41) is 0.726. The van der Waals surface area contributed by atoms with Crippen LogP contribution < -0.4 is 4.72 Å². The van der Waals surface area contributed by atoms with Crippen LogP contribution in [0.1, 0.15) is 5.56 Å². The second kappa shape index (κ2) is 5.93. The second-order valence-corrected chi connectivity index (χ2v) is 7.58. The Bertz CT molecular complexity index is 743. The third-order valence-electron chi connectivity index (χ3n) is 2.55. The monoisotopic (exact) mass is 393 g/mol. The molecule has 20 heavy (non-hydrogen) atoms. The first-order valence-electron chi connectivity index (χ1n) is 5.53. The van der Waals surface area contributed by atoms with Crippen molar-refractivity contribution >= 4 is 54.8 Å². The van der Waals surface area contributed by atoms with Crippen molar-refractivity contribution in [3.63, 3.8) is 0 Å². The minimum Gasteiger partial charge on any atom is -0.280 e. The molecular formula is C13H10BrCl2NO2S. The van der Waals surface area contributed by atoms with E-state index in [1.807, 2.05) is 6.92 Å². The molecule has 3 nitrogen and oxygen atoms in total. The molecular weight excluding hydrogens is 385 g/mol. The Hall–Kier alpha value is -0.750. The molecule has 0 saturated heterocycles. The standard InChI is InChI=1S/C13H10BrCl2NO2S/c1-8-4-12(2-3-13(8)14)20(18,19)17-11-6-9(15)5-10(16)7-11/h2-7,17H,1H3. The molecule has 7 heteroatoms. The van der Waals surface area contributed by atoms with Gasteiger partial charge in [-0.1, -0.05) is 39.1 Å². The summed E-state index contributed by atoms with van der Waals surface area (Å²) in [6, 6.07) is 9.32. The van der Waals surface area contributed by atoms with E-state index in [0.717, 1.165) is 10.0 Å². The van der Waals surface area contributed by atoms with Crippen LogP contribution >= 0.6 is 39.1 Å². The van der Waals surface area contributed by atoms with Crippen molar-refractivity contribution in [2.24, 2.45) is 0 Å². The Morgan fingerprint density at radius 1 is 1.05 bits per heavy atom. The molecule has 0 unspecified atom stereocenters. The maximum Gasteiger partial charge on any atom is 0.261 e. The Balaban J connectivity index is 2.37. The number of benzene rings is 2. The van der Waals surface area contributed by atoms with Crippen LogP contribution in [0.5, 0.6) is 0 Å². The lowest BCUT2D eigenvalue weighted by molar-refractivity contribution is 0.601. The van der Waals surface area contributed by atoms with E-state index in [9.17, 15) is 8.42 Å². The van der Waals surface area contributed by atoms with Crippen LogP contribution in [0.3, 0.4) is 0 Å². The number of sulfonamides is 1. The molecule has 0 aliphatic carbocycles. The molecule has 2 aromatic rings. The summed E-state index contributed by atoms with van der Waals surface area (Å²) in [6.07, 6.45) is 0. The van der Waals surface area contributed by atoms with Crippen molar-refractivity contribution in [1.29, 1.82) is 0 Å². The highest BCUT2D eigenvalue weighted by Gasteiger charge is 2.15. The summed E-state index contributed by atoms with van der Waals surface area (Å²) < 4.78 is 27.9. The fourth-order valence-electron chi connectivity index (χ4n) is 1.61. The Morgan fingerprint density at radius 2 is 1.65 bits per heavy atom. The van der Waals surface area contributed by atoms with Gasteiger partial charge in [-0.2, -0.15) is 0 Å². The first-order valence-corrected chi connectivity index (χ1v) is 8.56. The molecule has 0 aliphatic rings. The summed E-state index contributed by atoms with van der Waals surface area (Å²) in [7, 11) is -3.67. The zero-order valence-electron chi connectivity index (χ0n) is 10.3. The molecule has 0 aliphatic heterocycles. The summed E-state index contributed by atoms with van der Waals surface area (Å²) in [5.74, 6) is 0. The van der Waals surface area contributed by atoms with E-state index in [-0.39, 0.29) is 4.90 Å². The predicted molar refractivity (Wildman–Crippen MR) is 86.1 cm³/mol. The molecule has 0 aromatic heterocycles. The zero-order chi connectivity index (χ0) is 14.9. The third kappa shape index (κ3) is 3.67. The van der Waals surface area contributed by atoms with Gasteiger partial charge in [0.1, 0.15) is 0 Å². The fraction of sp³-hybridized carbons (Fsp3) is 0.0769. The molecule has 2 rings (SSSR count). The number of aryl methyl sites for hydroxylation is 1. The van der Waals surface area contributed by atoms with E-state index >= 15 is 0 Å². The molecule has 0 spiro atoms. The van der Waals surface area contributed by atoms with Crippen molar-refractivity contribution in [2.45, 2.75) is 11.8 Å². The highest BCUT2D eigenvalue weighted by atomic mass is 79.9. The lowest BCUT2D eigenvalue weighted by atomic mass is 10.2. The number of halogens is 3. The van der Waals surface area contributed by atoms with Crippen LogP contribution in [0, 0.1) is 6.92 Å². The minimum atomic E-state index is -3.67. The Labute approximate surface area is 136 Å². The fourth-order valence-corrected chi connectivity index (χ4v) is 3.51. The average Bonchev–Trinajstić information content (AvgIpc) is 2.30. The third-order valence-corrected chi connectivity index (χ3v) is 5.26. The van der Waals surface area contributed by atoms with E-state index in [2.05, 4.69) is 20.7 Å². The number of hydrogen-bond acceptors (Lipinski definition) is 2. The highest BCUT2D eigenvalue weighted by Crippen LogP contribution is 2.26. The van der Waals surface area contributed by atoms with Crippen molar-refractivity contribution in [3.05, 3.63) is 56.5 Å². The largest absolute Gasteiger partial charge is 0.280 e. The molecule has 0 atom stereocenters. The van der Waals surface area contributed by atoms with Gasteiger partial charge < -0.3 is 0 Å². The Morgan fingerprint density at radius 3 is 2.20 bits per heavy atom. The van der Waals surface area contributed by atoms with Crippen LogP contribution in [-0.2, 0) is 10.0 Å². The molecule has 0 saturated carbocycles. The van der Waals surface area contributed by atoms with Gasteiger partial charge in [-0.25, -0.2) is 8.42 Å². The van der Waals surface area contributed by atoms with Gasteiger partial charge in [0.2, 0.25) is 0 Å². The first-order chi connectivity index (χ1) is 9.28. The van der Waals surface area contributed by atoms with Crippen LogP contribution in [0.15, 0.2) is 45.8 Å². The van der Waals surface area contributed by atoms with Gasteiger partial charge in [-0.05, 0) is 48.9 Å². The molecule has 0 fully saturated rings. The van der Waals surface area contributed by atoms with Gasteiger partial charge in [0.05, 0.1) is 10.6 Å². The summed E-state index contributed by atoms with van der Waals surface area (Å²) >= 11 is 15.0. The average molecular weight is 395 g/mol. The smallest absolute Gasteiger partial charge is 0.261 e. The van der Waals surface area contributed by atoms with Crippen molar-refractivity contribution in [1.82, 2.24) is 0 Å². The molecule has 0 radical (unpaired) electrons. The normalized spacial score (nSPS) is 11.4. The topological polar surface area (TPSA) is 46.2 Å². The van der Waals surface area contributed by atoms with Gasteiger partial charge in [-0.3, -0.25) is 4.72 Å². The van der Waals surface area contributed by atoms with E-state index in [4.69, 9.17) is 23.2 Å². The maximum absolute atomic E-state index is 12.3.